The van der Waals surface area contributed by atoms with Gasteiger partial charge in [-0.3, -0.25) is 9.59 Å². The molecule has 2 saturated carbocycles. The number of ether oxygens (including phenoxy) is 1. The van der Waals surface area contributed by atoms with Gasteiger partial charge in [0.1, 0.15) is 6.10 Å². The van der Waals surface area contributed by atoms with Crippen LogP contribution in [-0.2, 0) is 14.3 Å². The summed E-state index contributed by atoms with van der Waals surface area (Å²) in [4.78, 5) is 28.5. The number of carbonyl (C=O) groups is 2. The standard InChI is InChI=1S/C26H43N3O3/c1-15(2)10-12-28-25(30)16(3)32-17-8-9-22-21(14-17)19-11-13-27-23-18-6-4-5-7-20(18)26(31)29(22)24(19)23/h15-24,27H,4-14H2,1-3H3,(H,28,30)/t16-,17?,18?,19?,20?,21?,22?,23?,24?/m0/s1. The van der Waals surface area contributed by atoms with Crippen LogP contribution in [0.4, 0.5) is 0 Å². The van der Waals surface area contributed by atoms with Gasteiger partial charge in [-0.2, -0.15) is 0 Å². The molecule has 0 aromatic carbocycles. The summed E-state index contributed by atoms with van der Waals surface area (Å²) in [7, 11) is 0. The average molecular weight is 446 g/mol. The molecule has 3 heterocycles. The summed E-state index contributed by atoms with van der Waals surface area (Å²) in [6, 6.07) is 1.27. The Labute approximate surface area is 193 Å². The maximum atomic E-state index is 13.6. The van der Waals surface area contributed by atoms with E-state index in [4.69, 9.17) is 4.74 Å². The van der Waals surface area contributed by atoms with Crippen molar-refractivity contribution in [3.05, 3.63) is 0 Å². The van der Waals surface area contributed by atoms with Crippen LogP contribution in [0.2, 0.25) is 0 Å². The van der Waals surface area contributed by atoms with Crippen LogP contribution in [0.3, 0.4) is 0 Å². The third-order valence-electron chi connectivity index (χ3n) is 9.35. The van der Waals surface area contributed by atoms with Gasteiger partial charge in [0.05, 0.1) is 12.1 Å². The fraction of sp³-hybridized carbons (Fsp3) is 0.923. The third-order valence-corrected chi connectivity index (χ3v) is 9.35. The highest BCUT2D eigenvalue weighted by Crippen LogP contribution is 2.54. The van der Waals surface area contributed by atoms with Gasteiger partial charge in [-0.1, -0.05) is 26.7 Å². The largest absolute Gasteiger partial charge is 0.365 e. The molecule has 0 bridgehead atoms. The van der Waals surface area contributed by atoms with E-state index < -0.39 is 6.10 Å². The fourth-order valence-corrected chi connectivity index (χ4v) is 7.90. The second-order valence-corrected chi connectivity index (χ2v) is 11.6. The summed E-state index contributed by atoms with van der Waals surface area (Å²) in [6.07, 6.45) is 9.68. The number of nitrogens with zero attached hydrogens (tertiary/aromatic N) is 1. The summed E-state index contributed by atoms with van der Waals surface area (Å²) in [5.41, 5.74) is 0. The first-order chi connectivity index (χ1) is 15.5. The number of fused-ring (bicyclic) bond motifs is 5. The van der Waals surface area contributed by atoms with Crippen LogP contribution < -0.4 is 10.6 Å². The van der Waals surface area contributed by atoms with E-state index in [-0.39, 0.29) is 17.9 Å². The first kappa shape index (κ1) is 22.6. The van der Waals surface area contributed by atoms with Gasteiger partial charge < -0.3 is 20.3 Å². The van der Waals surface area contributed by atoms with Gasteiger partial charge in [0.2, 0.25) is 11.8 Å². The Bertz CT molecular complexity index is 712. The first-order valence-electron chi connectivity index (χ1n) is 13.4. The maximum absolute atomic E-state index is 13.6. The highest BCUT2D eigenvalue weighted by Gasteiger charge is 2.61. The molecule has 5 fully saturated rings. The highest BCUT2D eigenvalue weighted by molar-refractivity contribution is 5.82. The minimum absolute atomic E-state index is 0.0119. The zero-order chi connectivity index (χ0) is 22.4. The van der Waals surface area contributed by atoms with Crippen molar-refractivity contribution in [2.45, 2.75) is 109 Å². The predicted octanol–water partition coefficient (Wildman–Crippen LogP) is 3.10. The molecule has 2 aliphatic carbocycles. The molecule has 6 nitrogen and oxygen atoms in total. The highest BCUT2D eigenvalue weighted by atomic mass is 16.5. The van der Waals surface area contributed by atoms with Crippen LogP contribution in [0.15, 0.2) is 0 Å². The number of hydrogen-bond acceptors (Lipinski definition) is 4. The van der Waals surface area contributed by atoms with Crippen LogP contribution in [0.1, 0.15) is 78.6 Å². The number of rotatable bonds is 6. The number of piperidine rings is 2. The van der Waals surface area contributed by atoms with Crippen molar-refractivity contribution in [3.63, 3.8) is 0 Å². The molecule has 0 radical (unpaired) electrons. The van der Waals surface area contributed by atoms with Gasteiger partial charge >= 0.3 is 0 Å². The lowest BCUT2D eigenvalue weighted by Crippen LogP contribution is -2.66. The van der Waals surface area contributed by atoms with Crippen molar-refractivity contribution < 1.29 is 14.3 Å². The summed E-state index contributed by atoms with van der Waals surface area (Å²) in [6.45, 7) is 8.04. The topological polar surface area (TPSA) is 70.7 Å². The Morgan fingerprint density at radius 2 is 1.91 bits per heavy atom. The molecule has 5 aliphatic rings. The SMILES string of the molecule is CC(C)CCNC(=O)[C@H](C)OC1CCC2C(C1)C1CCNC3C4CCCCC4C(=O)N2C13. The Kier molecular flexibility index (Phi) is 6.54. The predicted molar refractivity (Wildman–Crippen MR) is 124 cm³/mol. The second-order valence-electron chi connectivity index (χ2n) is 11.6. The number of hydrogen-bond donors (Lipinski definition) is 2. The van der Waals surface area contributed by atoms with E-state index in [2.05, 4.69) is 29.4 Å². The molecule has 0 spiro atoms. The number of nitrogens with one attached hydrogen (secondary N) is 2. The van der Waals surface area contributed by atoms with E-state index in [0.29, 0.717) is 47.7 Å². The summed E-state index contributed by atoms with van der Waals surface area (Å²) >= 11 is 0. The lowest BCUT2D eigenvalue weighted by molar-refractivity contribution is -0.152. The molecule has 32 heavy (non-hydrogen) atoms. The molecule has 8 unspecified atom stereocenters. The Balaban J connectivity index is 1.25. The van der Waals surface area contributed by atoms with Gasteiger partial charge in [-0.15, -0.1) is 0 Å². The van der Waals surface area contributed by atoms with Crippen LogP contribution >= 0.6 is 0 Å². The van der Waals surface area contributed by atoms with E-state index in [1.54, 1.807) is 0 Å². The molecular weight excluding hydrogens is 402 g/mol. The van der Waals surface area contributed by atoms with Crippen LogP contribution in [0, 0.1) is 29.6 Å². The summed E-state index contributed by atoms with van der Waals surface area (Å²) in [5, 5.41) is 6.89. The van der Waals surface area contributed by atoms with E-state index in [1.165, 1.54) is 25.7 Å². The minimum Gasteiger partial charge on any atom is -0.365 e. The molecule has 9 atom stereocenters. The van der Waals surface area contributed by atoms with Gasteiger partial charge in [0.25, 0.3) is 0 Å². The summed E-state index contributed by atoms with van der Waals surface area (Å²) in [5.74, 6) is 2.99. The Hall–Kier alpha value is -1.14. The lowest BCUT2D eigenvalue weighted by Gasteiger charge is -2.52. The molecular formula is C26H43N3O3. The molecule has 180 valence electrons. The second kappa shape index (κ2) is 9.25. The van der Waals surface area contributed by atoms with Crippen molar-refractivity contribution in [2.24, 2.45) is 29.6 Å². The van der Waals surface area contributed by atoms with Crippen molar-refractivity contribution in [1.82, 2.24) is 15.5 Å². The van der Waals surface area contributed by atoms with E-state index in [1.807, 2.05) is 6.92 Å². The number of carbonyl (C=O) groups excluding carboxylic acids is 2. The zero-order valence-corrected chi connectivity index (χ0v) is 20.2. The molecule has 5 rings (SSSR count). The van der Waals surface area contributed by atoms with Crippen molar-refractivity contribution >= 4 is 11.8 Å². The van der Waals surface area contributed by atoms with E-state index >= 15 is 0 Å². The Morgan fingerprint density at radius 1 is 1.09 bits per heavy atom. The molecule has 0 aromatic heterocycles. The molecule has 3 aliphatic heterocycles. The maximum Gasteiger partial charge on any atom is 0.248 e. The first-order valence-corrected chi connectivity index (χ1v) is 13.4. The minimum atomic E-state index is -0.405. The molecule has 2 amide bonds. The average Bonchev–Trinajstić information content (AvgIpc) is 3.12. The van der Waals surface area contributed by atoms with Gasteiger partial charge in [-0.05, 0) is 82.1 Å². The van der Waals surface area contributed by atoms with Crippen molar-refractivity contribution in [3.8, 4) is 0 Å². The zero-order valence-electron chi connectivity index (χ0n) is 20.2. The van der Waals surface area contributed by atoms with Gasteiger partial charge in [-0.25, -0.2) is 0 Å². The fourth-order valence-electron chi connectivity index (χ4n) is 7.90. The van der Waals surface area contributed by atoms with Crippen LogP contribution in [-0.4, -0.2) is 60.1 Å². The third kappa shape index (κ3) is 4.00. The smallest absolute Gasteiger partial charge is 0.248 e. The monoisotopic (exact) mass is 445 g/mol. The van der Waals surface area contributed by atoms with Crippen LogP contribution in [0.5, 0.6) is 0 Å². The molecule has 0 aromatic rings. The molecule has 3 saturated heterocycles. The van der Waals surface area contributed by atoms with E-state index in [0.717, 1.165) is 45.2 Å². The quantitative estimate of drug-likeness (QED) is 0.659. The van der Waals surface area contributed by atoms with E-state index in [9.17, 15) is 9.59 Å². The van der Waals surface area contributed by atoms with Crippen molar-refractivity contribution in [2.75, 3.05) is 13.1 Å². The number of amides is 2. The molecule has 2 N–H and O–H groups in total. The molecule has 6 heteroatoms. The van der Waals surface area contributed by atoms with Gasteiger partial charge in [0.15, 0.2) is 0 Å². The van der Waals surface area contributed by atoms with Crippen LogP contribution in [0.25, 0.3) is 0 Å². The Morgan fingerprint density at radius 3 is 2.72 bits per heavy atom. The summed E-state index contributed by atoms with van der Waals surface area (Å²) < 4.78 is 6.30. The normalized spacial score (nSPS) is 41.6. The lowest BCUT2D eigenvalue weighted by atomic mass is 9.66. The van der Waals surface area contributed by atoms with Gasteiger partial charge in [0, 0.05) is 24.5 Å². The van der Waals surface area contributed by atoms with Crippen molar-refractivity contribution in [1.29, 1.82) is 0 Å².